The second-order valence-electron chi connectivity index (χ2n) is 5.45. The monoisotopic (exact) mass is 301 g/mol. The number of urea groups is 1. The van der Waals surface area contributed by atoms with Gasteiger partial charge in [-0.05, 0) is 19.3 Å². The number of piperidine rings is 1. The smallest absolute Gasteiger partial charge is 0.327 e. The minimum absolute atomic E-state index is 0.0100. The minimum atomic E-state index is -0.904. The Kier molecular flexibility index (Phi) is 5.15. The van der Waals surface area contributed by atoms with Crippen molar-refractivity contribution in [3.8, 4) is 0 Å². The molecule has 2 fully saturated rings. The molecular formula is C13H23N3O3S. The molecular weight excluding hydrogens is 278 g/mol. The Balaban J connectivity index is 2.08. The maximum absolute atomic E-state index is 12.6. The lowest BCUT2D eigenvalue weighted by Crippen LogP contribution is -2.54. The van der Waals surface area contributed by atoms with Gasteiger partial charge in [0.25, 0.3) is 0 Å². The van der Waals surface area contributed by atoms with E-state index in [0.29, 0.717) is 18.8 Å². The summed E-state index contributed by atoms with van der Waals surface area (Å²) in [5, 5.41) is 9.30. The highest BCUT2D eigenvalue weighted by Gasteiger charge is 2.43. The van der Waals surface area contributed by atoms with E-state index >= 15 is 0 Å². The number of aliphatic carboxylic acids is 1. The second-order valence-corrected chi connectivity index (χ2v) is 6.66. The predicted molar refractivity (Wildman–Crippen MR) is 78.6 cm³/mol. The lowest BCUT2D eigenvalue weighted by atomic mass is 10.1. The van der Waals surface area contributed by atoms with Crippen LogP contribution in [-0.4, -0.2) is 63.2 Å². The Hall–Kier alpha value is -0.950. The van der Waals surface area contributed by atoms with Gasteiger partial charge in [0.05, 0.1) is 5.37 Å². The average Bonchev–Trinajstić information content (AvgIpc) is 2.83. The number of nitrogens with two attached hydrogens (primary N) is 1. The van der Waals surface area contributed by atoms with Crippen LogP contribution in [0.4, 0.5) is 4.79 Å². The number of hydrogen-bond acceptors (Lipinski definition) is 4. The number of nitrogens with zero attached hydrogens (tertiary/aromatic N) is 2. The third-order valence-electron chi connectivity index (χ3n) is 3.94. The first kappa shape index (κ1) is 15.4. The molecule has 0 saturated carbocycles. The van der Waals surface area contributed by atoms with Gasteiger partial charge in [-0.2, -0.15) is 0 Å². The van der Waals surface area contributed by atoms with Crippen molar-refractivity contribution in [2.45, 2.75) is 50.1 Å². The molecule has 3 N–H and O–H groups in total. The Morgan fingerprint density at radius 2 is 2.00 bits per heavy atom. The standard InChI is InChI=1S/C13H23N3O3S/c1-2-3-11-16(10(8-20-11)12(17)18)13(19)15-6-4-9(14)5-7-15/h9-11H,2-8,14H2,1H3,(H,17,18). The van der Waals surface area contributed by atoms with E-state index in [0.717, 1.165) is 25.7 Å². The average molecular weight is 301 g/mol. The van der Waals surface area contributed by atoms with Crippen LogP contribution in [0.3, 0.4) is 0 Å². The molecule has 0 aromatic carbocycles. The van der Waals surface area contributed by atoms with Crippen LogP contribution in [0, 0.1) is 0 Å². The van der Waals surface area contributed by atoms with Crippen molar-refractivity contribution >= 4 is 23.8 Å². The Morgan fingerprint density at radius 1 is 1.35 bits per heavy atom. The number of hydrogen-bond donors (Lipinski definition) is 2. The summed E-state index contributed by atoms with van der Waals surface area (Å²) >= 11 is 1.58. The number of rotatable bonds is 3. The lowest BCUT2D eigenvalue weighted by Gasteiger charge is -2.36. The zero-order chi connectivity index (χ0) is 14.7. The van der Waals surface area contributed by atoms with Gasteiger partial charge in [0, 0.05) is 24.9 Å². The van der Waals surface area contributed by atoms with Crippen LogP contribution in [-0.2, 0) is 4.79 Å². The van der Waals surface area contributed by atoms with Gasteiger partial charge in [0.15, 0.2) is 0 Å². The zero-order valence-electron chi connectivity index (χ0n) is 11.8. The van der Waals surface area contributed by atoms with Crippen molar-refractivity contribution < 1.29 is 14.7 Å². The number of carboxylic acids is 1. The van der Waals surface area contributed by atoms with Crippen molar-refractivity contribution in [3.05, 3.63) is 0 Å². The molecule has 2 atom stereocenters. The van der Waals surface area contributed by atoms with Gasteiger partial charge in [-0.25, -0.2) is 9.59 Å². The molecule has 0 aromatic heterocycles. The highest BCUT2D eigenvalue weighted by atomic mass is 32.2. The van der Waals surface area contributed by atoms with Crippen molar-refractivity contribution in [3.63, 3.8) is 0 Å². The number of likely N-dealkylation sites (tertiary alicyclic amines) is 1. The first-order chi connectivity index (χ1) is 9.54. The van der Waals surface area contributed by atoms with Gasteiger partial charge in [0.2, 0.25) is 0 Å². The molecule has 2 heterocycles. The third kappa shape index (κ3) is 3.20. The molecule has 2 unspecified atom stereocenters. The molecule has 2 rings (SSSR count). The SMILES string of the molecule is CCCC1SCC(C(=O)O)N1C(=O)N1CCC(N)CC1. The Labute approximate surface area is 123 Å². The van der Waals surface area contributed by atoms with Crippen molar-refractivity contribution in [1.82, 2.24) is 9.80 Å². The van der Waals surface area contributed by atoms with Crippen LogP contribution in [0.2, 0.25) is 0 Å². The van der Waals surface area contributed by atoms with Gasteiger partial charge in [-0.3, -0.25) is 4.90 Å². The normalized spacial score (nSPS) is 27.9. The summed E-state index contributed by atoms with van der Waals surface area (Å²) in [4.78, 5) is 27.3. The number of carbonyl (C=O) groups excluding carboxylic acids is 1. The quantitative estimate of drug-likeness (QED) is 0.817. The van der Waals surface area contributed by atoms with Crippen molar-refractivity contribution in [1.29, 1.82) is 0 Å². The van der Waals surface area contributed by atoms with Gasteiger partial charge >= 0.3 is 12.0 Å². The number of carbonyl (C=O) groups is 2. The molecule has 0 spiro atoms. The Bertz CT molecular complexity index is 372. The summed E-state index contributed by atoms with van der Waals surface area (Å²) in [6, 6.07) is -0.666. The van der Waals surface area contributed by atoms with Crippen LogP contribution < -0.4 is 5.73 Å². The van der Waals surface area contributed by atoms with E-state index in [1.54, 1.807) is 21.6 Å². The van der Waals surface area contributed by atoms with E-state index in [4.69, 9.17) is 5.73 Å². The molecule has 2 amide bonds. The lowest BCUT2D eigenvalue weighted by molar-refractivity contribution is -0.141. The number of carboxylic acid groups (broad SMARTS) is 1. The van der Waals surface area contributed by atoms with Gasteiger partial charge < -0.3 is 15.7 Å². The van der Waals surface area contributed by atoms with Gasteiger partial charge in [-0.15, -0.1) is 11.8 Å². The number of thioether (sulfide) groups is 1. The fourth-order valence-corrected chi connectivity index (χ4v) is 4.24. The third-order valence-corrected chi connectivity index (χ3v) is 5.30. The van der Waals surface area contributed by atoms with Crippen LogP contribution >= 0.6 is 11.8 Å². The van der Waals surface area contributed by atoms with E-state index in [9.17, 15) is 14.7 Å². The molecule has 0 radical (unpaired) electrons. The van der Waals surface area contributed by atoms with E-state index in [2.05, 4.69) is 6.92 Å². The summed E-state index contributed by atoms with van der Waals surface area (Å²) in [6.45, 7) is 3.32. The fourth-order valence-electron chi connectivity index (χ4n) is 2.73. The summed E-state index contributed by atoms with van der Waals surface area (Å²) in [6.07, 6.45) is 3.37. The van der Waals surface area contributed by atoms with Crippen LogP contribution in [0.5, 0.6) is 0 Å². The topological polar surface area (TPSA) is 86.9 Å². The molecule has 2 saturated heterocycles. The summed E-state index contributed by atoms with van der Waals surface area (Å²) in [5.41, 5.74) is 5.85. The van der Waals surface area contributed by atoms with E-state index < -0.39 is 12.0 Å². The molecule has 6 nitrogen and oxygen atoms in total. The molecule has 7 heteroatoms. The van der Waals surface area contributed by atoms with E-state index in [-0.39, 0.29) is 17.4 Å². The summed E-state index contributed by atoms with van der Waals surface area (Å²) < 4.78 is 0. The van der Waals surface area contributed by atoms with Gasteiger partial charge in [-0.1, -0.05) is 13.3 Å². The molecule has 20 heavy (non-hydrogen) atoms. The van der Waals surface area contributed by atoms with Crippen molar-refractivity contribution in [2.24, 2.45) is 5.73 Å². The maximum Gasteiger partial charge on any atom is 0.327 e. The first-order valence-corrected chi connectivity index (χ1v) is 8.26. The van der Waals surface area contributed by atoms with E-state index in [1.807, 2.05) is 0 Å². The zero-order valence-corrected chi connectivity index (χ0v) is 12.6. The highest BCUT2D eigenvalue weighted by molar-refractivity contribution is 8.00. The van der Waals surface area contributed by atoms with Crippen LogP contribution in [0.1, 0.15) is 32.6 Å². The fraction of sp³-hybridized carbons (Fsp3) is 0.846. The first-order valence-electron chi connectivity index (χ1n) is 7.21. The molecule has 0 aromatic rings. The van der Waals surface area contributed by atoms with Crippen LogP contribution in [0.15, 0.2) is 0 Å². The van der Waals surface area contributed by atoms with E-state index in [1.165, 1.54) is 0 Å². The number of amides is 2. The largest absolute Gasteiger partial charge is 0.480 e. The van der Waals surface area contributed by atoms with Crippen LogP contribution in [0.25, 0.3) is 0 Å². The minimum Gasteiger partial charge on any atom is -0.480 e. The highest BCUT2D eigenvalue weighted by Crippen LogP contribution is 2.33. The molecule has 0 bridgehead atoms. The van der Waals surface area contributed by atoms with Gasteiger partial charge in [0.1, 0.15) is 6.04 Å². The molecule has 114 valence electrons. The maximum atomic E-state index is 12.6. The summed E-state index contributed by atoms with van der Waals surface area (Å²) in [5.74, 6) is -0.419. The predicted octanol–water partition coefficient (Wildman–Crippen LogP) is 1.16. The summed E-state index contributed by atoms with van der Waals surface area (Å²) in [7, 11) is 0. The van der Waals surface area contributed by atoms with Crippen molar-refractivity contribution in [2.75, 3.05) is 18.8 Å². The molecule has 2 aliphatic heterocycles. The Morgan fingerprint density at radius 3 is 2.55 bits per heavy atom. The second kappa shape index (κ2) is 6.67. The molecule has 0 aliphatic carbocycles. The molecule has 2 aliphatic rings.